The molecule has 1 aliphatic heterocycles. The Morgan fingerprint density at radius 2 is 1.84 bits per heavy atom. The molecule has 1 fully saturated rings. The van der Waals surface area contributed by atoms with Gasteiger partial charge in [-0.2, -0.15) is 5.10 Å². The molecule has 0 unspecified atom stereocenters. The number of aromatic nitrogens is 3. The number of halogens is 1. The number of benzene rings is 2. The van der Waals surface area contributed by atoms with Gasteiger partial charge in [-0.15, -0.1) is 5.10 Å². The molecule has 3 aromatic rings. The van der Waals surface area contributed by atoms with E-state index in [9.17, 15) is 14.7 Å². The first-order chi connectivity index (χ1) is 17.9. The van der Waals surface area contributed by atoms with Gasteiger partial charge in [-0.05, 0) is 60.4 Å². The molecule has 2 aliphatic carbocycles. The van der Waals surface area contributed by atoms with Crippen LogP contribution in [0.5, 0.6) is 0 Å². The van der Waals surface area contributed by atoms with Crippen molar-refractivity contribution < 1.29 is 9.90 Å². The lowest BCUT2D eigenvalue weighted by atomic mass is 9.75. The van der Waals surface area contributed by atoms with Gasteiger partial charge in [0.2, 0.25) is 5.95 Å². The van der Waals surface area contributed by atoms with E-state index in [0.29, 0.717) is 24.0 Å². The van der Waals surface area contributed by atoms with Crippen molar-refractivity contribution in [3.63, 3.8) is 0 Å². The Morgan fingerprint density at radius 3 is 2.59 bits per heavy atom. The fourth-order valence-corrected chi connectivity index (χ4v) is 6.49. The van der Waals surface area contributed by atoms with E-state index in [2.05, 4.69) is 18.2 Å². The van der Waals surface area contributed by atoms with Gasteiger partial charge in [0.1, 0.15) is 6.54 Å². The third kappa shape index (κ3) is 4.27. The second-order valence-electron chi connectivity index (χ2n) is 10.5. The summed E-state index contributed by atoms with van der Waals surface area (Å²) in [4.78, 5) is 25.1. The van der Waals surface area contributed by atoms with Gasteiger partial charge in [-0.1, -0.05) is 67.3 Å². The quantitative estimate of drug-likeness (QED) is 0.518. The molecule has 1 N–H and O–H groups in total. The zero-order chi connectivity index (χ0) is 25.6. The van der Waals surface area contributed by atoms with Crippen molar-refractivity contribution in [1.29, 1.82) is 0 Å². The van der Waals surface area contributed by atoms with Gasteiger partial charge in [0, 0.05) is 11.6 Å². The minimum Gasteiger partial charge on any atom is -0.480 e. The summed E-state index contributed by atoms with van der Waals surface area (Å²) < 4.78 is 2.72. The number of carboxylic acids is 1. The summed E-state index contributed by atoms with van der Waals surface area (Å²) in [7, 11) is 0. The standard InChI is InChI=1S/C28H30ClN5O3/c29-22-12-10-21(11-13-22)25-28(15-14-20-8-4-5-9-23(20)28)18-34(30-25)26-31-33(16-19-6-2-1-3-7-19)27(37)32(26)17-24(35)36/h4-5,8-13,19H,1-3,6-7,14-18H2,(H,35,36)/t28-/m1/s1. The average Bonchev–Trinajstić information content (AvgIpc) is 3.56. The van der Waals surface area contributed by atoms with E-state index in [1.807, 2.05) is 30.3 Å². The largest absolute Gasteiger partial charge is 0.480 e. The van der Waals surface area contributed by atoms with Crippen molar-refractivity contribution >= 4 is 29.2 Å². The van der Waals surface area contributed by atoms with E-state index in [4.69, 9.17) is 21.8 Å². The number of anilines is 1. The molecule has 37 heavy (non-hydrogen) atoms. The molecule has 1 aromatic heterocycles. The Bertz CT molecular complexity index is 1420. The summed E-state index contributed by atoms with van der Waals surface area (Å²) in [5.41, 5.74) is 3.58. The molecule has 8 nitrogen and oxygen atoms in total. The Morgan fingerprint density at radius 1 is 1.08 bits per heavy atom. The summed E-state index contributed by atoms with van der Waals surface area (Å²) in [5.74, 6) is -0.411. The molecule has 0 saturated heterocycles. The first-order valence-electron chi connectivity index (χ1n) is 13.0. The SMILES string of the molecule is O=C(O)Cn1c(N2C[C@@]3(CCc4ccccc43)C(c3ccc(Cl)cc3)=N2)nn(CC2CCCCC2)c1=O. The average molecular weight is 520 g/mol. The van der Waals surface area contributed by atoms with Gasteiger partial charge in [0.05, 0.1) is 17.7 Å². The van der Waals surface area contributed by atoms with Crippen LogP contribution in [0.25, 0.3) is 0 Å². The number of aryl methyl sites for hydroxylation is 1. The van der Waals surface area contributed by atoms with Crippen molar-refractivity contribution in [2.45, 2.75) is 63.5 Å². The number of nitrogens with zero attached hydrogens (tertiary/aromatic N) is 5. The van der Waals surface area contributed by atoms with Crippen LogP contribution in [0.3, 0.4) is 0 Å². The Kier molecular flexibility index (Phi) is 6.15. The van der Waals surface area contributed by atoms with Crippen LogP contribution < -0.4 is 10.7 Å². The van der Waals surface area contributed by atoms with Gasteiger partial charge in [0.15, 0.2) is 0 Å². The number of rotatable bonds is 6. The summed E-state index contributed by atoms with van der Waals surface area (Å²) in [6.45, 7) is 0.542. The lowest BCUT2D eigenvalue weighted by Gasteiger charge is -2.27. The van der Waals surface area contributed by atoms with Gasteiger partial charge in [0.25, 0.3) is 0 Å². The van der Waals surface area contributed by atoms with E-state index in [0.717, 1.165) is 49.8 Å². The fourth-order valence-electron chi connectivity index (χ4n) is 6.37. The third-order valence-electron chi connectivity index (χ3n) is 8.15. The van der Waals surface area contributed by atoms with Crippen LogP contribution in [0.2, 0.25) is 5.02 Å². The van der Waals surface area contributed by atoms with E-state index < -0.39 is 12.5 Å². The molecule has 3 aliphatic rings. The summed E-state index contributed by atoms with van der Waals surface area (Å²) in [5, 5.41) is 21.7. The van der Waals surface area contributed by atoms with Crippen molar-refractivity contribution in [2.75, 3.05) is 11.6 Å². The molecule has 0 amide bonds. The summed E-state index contributed by atoms with van der Waals surface area (Å²) in [6, 6.07) is 16.1. The van der Waals surface area contributed by atoms with E-state index >= 15 is 0 Å². The maximum atomic E-state index is 13.4. The Hall–Kier alpha value is -3.39. The molecule has 192 valence electrons. The highest BCUT2D eigenvalue weighted by Gasteiger charge is 2.49. The van der Waals surface area contributed by atoms with Crippen LogP contribution in [0.4, 0.5) is 5.95 Å². The van der Waals surface area contributed by atoms with Gasteiger partial charge in [-0.3, -0.25) is 4.79 Å². The van der Waals surface area contributed by atoms with Crippen LogP contribution >= 0.6 is 11.6 Å². The highest BCUT2D eigenvalue weighted by atomic mass is 35.5. The minimum atomic E-state index is -1.08. The zero-order valence-electron chi connectivity index (χ0n) is 20.6. The maximum absolute atomic E-state index is 13.4. The number of carboxylic acid groups (broad SMARTS) is 1. The molecule has 6 rings (SSSR count). The molecule has 2 aromatic carbocycles. The van der Waals surface area contributed by atoms with E-state index in [-0.39, 0.29) is 17.1 Å². The lowest BCUT2D eigenvalue weighted by Crippen LogP contribution is -2.38. The summed E-state index contributed by atoms with van der Waals surface area (Å²) in [6.07, 6.45) is 7.47. The predicted molar refractivity (Wildman–Crippen MR) is 142 cm³/mol. The number of hydrogen-bond donors (Lipinski definition) is 1. The van der Waals surface area contributed by atoms with Gasteiger partial charge < -0.3 is 5.11 Å². The van der Waals surface area contributed by atoms with Crippen molar-refractivity contribution in [3.05, 3.63) is 80.7 Å². The molecular formula is C28H30ClN5O3. The second kappa shape index (κ2) is 9.49. The number of hydrazone groups is 1. The molecule has 2 heterocycles. The minimum absolute atomic E-state index is 0.288. The topological polar surface area (TPSA) is 92.7 Å². The van der Waals surface area contributed by atoms with Crippen LogP contribution in [0.15, 0.2) is 58.4 Å². The van der Waals surface area contributed by atoms with E-state index in [1.54, 1.807) is 5.01 Å². The number of aliphatic carboxylic acids is 1. The molecular weight excluding hydrogens is 490 g/mol. The normalized spacial score (nSPS) is 21.4. The van der Waals surface area contributed by atoms with Crippen LogP contribution in [0, 0.1) is 5.92 Å². The molecule has 1 atom stereocenters. The first-order valence-corrected chi connectivity index (χ1v) is 13.4. The van der Waals surface area contributed by atoms with Crippen LogP contribution in [-0.4, -0.2) is 37.7 Å². The van der Waals surface area contributed by atoms with Crippen LogP contribution in [-0.2, 0) is 29.7 Å². The number of carbonyl (C=O) groups is 1. The second-order valence-corrected chi connectivity index (χ2v) is 10.9. The van der Waals surface area contributed by atoms with E-state index in [1.165, 1.54) is 26.8 Å². The maximum Gasteiger partial charge on any atom is 0.347 e. The molecule has 0 radical (unpaired) electrons. The fraction of sp³-hybridized carbons (Fsp3) is 0.429. The molecule has 0 bridgehead atoms. The number of hydrogen-bond acceptors (Lipinski definition) is 5. The summed E-state index contributed by atoms with van der Waals surface area (Å²) >= 11 is 6.19. The highest BCUT2D eigenvalue weighted by Crippen LogP contribution is 2.46. The predicted octanol–water partition coefficient (Wildman–Crippen LogP) is 4.47. The monoisotopic (exact) mass is 519 g/mol. The van der Waals surface area contributed by atoms with Crippen molar-refractivity contribution in [3.8, 4) is 0 Å². The smallest absolute Gasteiger partial charge is 0.347 e. The van der Waals surface area contributed by atoms with Crippen LogP contribution in [0.1, 0.15) is 55.2 Å². The van der Waals surface area contributed by atoms with Crippen molar-refractivity contribution in [1.82, 2.24) is 14.3 Å². The first kappa shape index (κ1) is 24.0. The van der Waals surface area contributed by atoms with Gasteiger partial charge >= 0.3 is 11.7 Å². The third-order valence-corrected chi connectivity index (χ3v) is 8.40. The number of fused-ring (bicyclic) bond motifs is 2. The Balaban J connectivity index is 1.45. The lowest BCUT2D eigenvalue weighted by molar-refractivity contribution is -0.137. The Labute approximate surface area is 220 Å². The zero-order valence-corrected chi connectivity index (χ0v) is 21.4. The molecule has 9 heteroatoms. The highest BCUT2D eigenvalue weighted by molar-refractivity contribution is 6.30. The molecule has 1 spiro atoms. The molecule has 1 saturated carbocycles. The van der Waals surface area contributed by atoms with Crippen molar-refractivity contribution in [2.24, 2.45) is 11.0 Å². The van der Waals surface area contributed by atoms with Gasteiger partial charge in [-0.25, -0.2) is 19.1 Å².